The number of rotatable bonds is 1. The second-order valence-electron chi connectivity index (χ2n) is 4.81. The van der Waals surface area contributed by atoms with Crippen molar-refractivity contribution >= 4 is 21.6 Å². The molecule has 86 valence electrons. The molecule has 0 amide bonds. The van der Waals surface area contributed by atoms with Gasteiger partial charge in [-0.15, -0.1) is 0 Å². The summed E-state index contributed by atoms with van der Waals surface area (Å²) in [6.45, 7) is 6.68. The van der Waals surface area contributed by atoms with Crippen molar-refractivity contribution < 1.29 is 0 Å². The molecule has 0 aliphatic rings. The van der Waals surface area contributed by atoms with Gasteiger partial charge in [0.2, 0.25) is 0 Å². The van der Waals surface area contributed by atoms with Crippen LogP contribution in [0.3, 0.4) is 0 Å². The molecule has 0 bridgehead atoms. The van der Waals surface area contributed by atoms with E-state index in [2.05, 4.69) is 73.9 Å². The maximum absolute atomic E-state index is 3.60. The molecule has 0 spiro atoms. The molecule has 1 rings (SSSR count). The monoisotopic (exact) mass is 271 g/mol. The molecule has 1 nitrogen and oxygen atoms in total. The number of anilines is 1. The Bertz CT molecular complexity index is 324. The van der Waals surface area contributed by atoms with Crippen LogP contribution in [0.2, 0.25) is 0 Å². The van der Waals surface area contributed by atoms with E-state index in [-0.39, 0.29) is 12.8 Å². The first-order chi connectivity index (χ1) is 6.32. The lowest BCUT2D eigenvalue weighted by molar-refractivity contribution is 0.590. The van der Waals surface area contributed by atoms with Crippen LogP contribution in [0.25, 0.3) is 0 Å². The Kier molecular flexibility index (Phi) is 4.85. The molecule has 15 heavy (non-hydrogen) atoms. The third-order valence-corrected chi connectivity index (χ3v) is 2.93. The number of benzene rings is 1. The molecule has 0 atom stereocenters. The highest BCUT2D eigenvalue weighted by Gasteiger charge is 2.14. The van der Waals surface area contributed by atoms with Gasteiger partial charge in [-0.2, -0.15) is 0 Å². The van der Waals surface area contributed by atoms with Gasteiger partial charge in [0.1, 0.15) is 0 Å². The summed E-state index contributed by atoms with van der Waals surface area (Å²) in [5.74, 6) is 0. The summed E-state index contributed by atoms with van der Waals surface area (Å²) in [6, 6.07) is 6.56. The highest BCUT2D eigenvalue weighted by molar-refractivity contribution is 9.10. The molecule has 0 fully saturated rings. The second kappa shape index (κ2) is 5.02. The van der Waals surface area contributed by atoms with Crippen molar-refractivity contribution in [2.24, 2.45) is 0 Å². The minimum atomic E-state index is 0. The fourth-order valence-electron chi connectivity index (χ4n) is 1.34. The molecule has 0 aliphatic heterocycles. The minimum absolute atomic E-state index is 0. The van der Waals surface area contributed by atoms with Crippen LogP contribution in [0.15, 0.2) is 22.7 Å². The highest BCUT2D eigenvalue weighted by atomic mass is 79.9. The second-order valence-corrected chi connectivity index (χ2v) is 5.66. The topological polar surface area (TPSA) is 3.24 Å². The van der Waals surface area contributed by atoms with E-state index in [4.69, 9.17) is 0 Å². The molecular formula is C13H22BrN. The van der Waals surface area contributed by atoms with E-state index in [1.807, 2.05) is 0 Å². The summed E-state index contributed by atoms with van der Waals surface area (Å²) in [5.41, 5.74) is 2.79. The number of hydrogen-bond donors (Lipinski definition) is 0. The van der Waals surface area contributed by atoms with Crippen LogP contribution in [0, 0.1) is 0 Å². The van der Waals surface area contributed by atoms with E-state index in [0.29, 0.717) is 0 Å². The van der Waals surface area contributed by atoms with E-state index < -0.39 is 0 Å². The Morgan fingerprint density at radius 1 is 1.13 bits per heavy atom. The lowest BCUT2D eigenvalue weighted by Gasteiger charge is -2.22. The van der Waals surface area contributed by atoms with Crippen LogP contribution >= 0.6 is 15.9 Å². The van der Waals surface area contributed by atoms with Gasteiger partial charge in [-0.05, 0) is 39.0 Å². The van der Waals surface area contributed by atoms with Crippen molar-refractivity contribution in [3.63, 3.8) is 0 Å². The quantitative estimate of drug-likeness (QED) is 0.730. The van der Waals surface area contributed by atoms with Gasteiger partial charge in [0, 0.05) is 18.6 Å². The van der Waals surface area contributed by atoms with Crippen molar-refractivity contribution in [3.05, 3.63) is 28.2 Å². The van der Waals surface area contributed by atoms with Crippen LogP contribution in [-0.4, -0.2) is 14.1 Å². The first-order valence-electron chi connectivity index (χ1n) is 4.80. The third kappa shape index (κ3) is 3.53. The molecule has 1 aromatic rings. The Hall–Kier alpha value is -0.500. The largest absolute Gasteiger partial charge is 0.377 e. The molecule has 0 aliphatic carbocycles. The molecule has 0 saturated carbocycles. The molecule has 0 N–H and O–H groups in total. The summed E-state index contributed by atoms with van der Waals surface area (Å²) >= 11 is 3.60. The fraction of sp³-hybridized carbons (Fsp3) is 0.538. The molecule has 1 aromatic carbocycles. The highest BCUT2D eigenvalue weighted by Crippen LogP contribution is 2.31. The van der Waals surface area contributed by atoms with Gasteiger partial charge in [-0.1, -0.05) is 34.3 Å². The lowest BCUT2D eigenvalue weighted by atomic mass is 9.87. The van der Waals surface area contributed by atoms with Crippen molar-refractivity contribution in [1.82, 2.24) is 0 Å². The number of halogens is 1. The summed E-state index contributed by atoms with van der Waals surface area (Å²) in [4.78, 5) is 2.11. The van der Waals surface area contributed by atoms with Crippen LogP contribution in [0.4, 0.5) is 5.69 Å². The van der Waals surface area contributed by atoms with Gasteiger partial charge in [-0.3, -0.25) is 0 Å². The summed E-state index contributed by atoms with van der Waals surface area (Å²) in [7, 11) is 4.10. The molecule has 0 saturated heterocycles. The smallest absolute Gasteiger partial charge is 0.0505 e. The maximum atomic E-state index is 3.60. The van der Waals surface area contributed by atoms with E-state index in [1.54, 1.807) is 0 Å². The standard InChI is InChI=1S/C12H18BrN.CH4/c1-12(2,3)9-6-7-11(14(4)5)10(13)8-9;/h6-8H,1-5H3;1H4. The van der Waals surface area contributed by atoms with Crippen molar-refractivity contribution in [2.75, 3.05) is 19.0 Å². The van der Waals surface area contributed by atoms with E-state index in [1.165, 1.54) is 11.3 Å². The molecule has 0 unspecified atom stereocenters. The average Bonchev–Trinajstić information content (AvgIpc) is 2.01. The maximum Gasteiger partial charge on any atom is 0.0505 e. The zero-order valence-corrected chi connectivity index (χ0v) is 11.1. The van der Waals surface area contributed by atoms with Crippen LogP contribution in [0.5, 0.6) is 0 Å². The zero-order valence-electron chi connectivity index (χ0n) is 9.56. The van der Waals surface area contributed by atoms with Crippen LogP contribution in [0.1, 0.15) is 33.8 Å². The Morgan fingerprint density at radius 2 is 1.67 bits per heavy atom. The van der Waals surface area contributed by atoms with Crippen LogP contribution in [-0.2, 0) is 5.41 Å². The number of hydrogen-bond acceptors (Lipinski definition) is 1. The van der Waals surface area contributed by atoms with Gasteiger partial charge in [-0.25, -0.2) is 0 Å². The molecule has 0 aromatic heterocycles. The molecule has 2 heteroatoms. The average molecular weight is 272 g/mol. The minimum Gasteiger partial charge on any atom is -0.377 e. The van der Waals surface area contributed by atoms with Gasteiger partial charge in [0.25, 0.3) is 0 Å². The van der Waals surface area contributed by atoms with Gasteiger partial charge in [0.15, 0.2) is 0 Å². The predicted octanol–water partition coefficient (Wildman–Crippen LogP) is 4.45. The normalized spacial score (nSPS) is 10.8. The Balaban J connectivity index is 0.00000196. The predicted molar refractivity (Wildman–Crippen MR) is 73.9 cm³/mol. The summed E-state index contributed by atoms with van der Waals surface area (Å²) < 4.78 is 1.16. The lowest BCUT2D eigenvalue weighted by Crippen LogP contribution is -2.13. The molecular weight excluding hydrogens is 250 g/mol. The summed E-state index contributed by atoms with van der Waals surface area (Å²) in [6.07, 6.45) is 0. The van der Waals surface area contributed by atoms with Gasteiger partial charge >= 0.3 is 0 Å². The van der Waals surface area contributed by atoms with Gasteiger partial charge in [0.05, 0.1) is 5.69 Å². The molecule has 0 radical (unpaired) electrons. The number of nitrogens with zero attached hydrogens (tertiary/aromatic N) is 1. The Labute approximate surface area is 103 Å². The summed E-state index contributed by atoms with van der Waals surface area (Å²) in [5, 5.41) is 0. The first-order valence-corrected chi connectivity index (χ1v) is 5.59. The van der Waals surface area contributed by atoms with Gasteiger partial charge < -0.3 is 4.90 Å². The van der Waals surface area contributed by atoms with E-state index in [9.17, 15) is 0 Å². The van der Waals surface area contributed by atoms with Crippen molar-refractivity contribution in [3.8, 4) is 0 Å². The Morgan fingerprint density at radius 3 is 2.00 bits per heavy atom. The van der Waals surface area contributed by atoms with Crippen molar-refractivity contribution in [1.29, 1.82) is 0 Å². The first kappa shape index (κ1) is 14.5. The zero-order chi connectivity index (χ0) is 10.9. The molecule has 0 heterocycles. The SMILES string of the molecule is C.CN(C)c1ccc(C(C)(C)C)cc1Br. The third-order valence-electron chi connectivity index (χ3n) is 2.30. The van der Waals surface area contributed by atoms with Crippen LogP contribution < -0.4 is 4.90 Å². The van der Waals surface area contributed by atoms with Crippen molar-refractivity contribution in [2.45, 2.75) is 33.6 Å². The van der Waals surface area contributed by atoms with E-state index in [0.717, 1.165) is 4.47 Å². The fourth-order valence-corrected chi connectivity index (χ4v) is 2.07. The van der Waals surface area contributed by atoms with E-state index >= 15 is 0 Å².